The van der Waals surface area contributed by atoms with Gasteiger partial charge in [-0.1, -0.05) is 0 Å². The molecule has 126 valence electrons. The van der Waals surface area contributed by atoms with Crippen molar-refractivity contribution in [3.8, 4) is 11.8 Å². The largest absolute Gasteiger partial charge is 0.495 e. The van der Waals surface area contributed by atoms with Crippen LogP contribution in [0.5, 0.6) is 5.75 Å². The Hall–Kier alpha value is -2.14. The van der Waals surface area contributed by atoms with Crippen LogP contribution in [0.25, 0.3) is 0 Å². The standard InChI is InChI=1S/C16H17BrFN5O/c1-22-10-20-21-15(22)16(18)5-7-23(8-6-16)14-11(9-19)3-4-12(24-2)13(14)17/h3-4,10H,5-8H2,1-2H3. The maximum Gasteiger partial charge on any atom is 0.173 e. The van der Waals surface area contributed by atoms with Crippen molar-refractivity contribution in [2.24, 2.45) is 7.05 Å². The quantitative estimate of drug-likeness (QED) is 0.801. The summed E-state index contributed by atoms with van der Waals surface area (Å²) in [7, 11) is 3.32. The van der Waals surface area contributed by atoms with Crippen LogP contribution in [0.15, 0.2) is 22.9 Å². The Bertz CT molecular complexity index is 792. The van der Waals surface area contributed by atoms with Crippen LogP contribution in [-0.2, 0) is 12.7 Å². The van der Waals surface area contributed by atoms with Crippen LogP contribution in [0.4, 0.5) is 10.1 Å². The van der Waals surface area contributed by atoms with Gasteiger partial charge in [0.2, 0.25) is 0 Å². The van der Waals surface area contributed by atoms with E-state index in [1.165, 1.54) is 6.33 Å². The predicted molar refractivity (Wildman–Crippen MR) is 90.6 cm³/mol. The number of hydrogen-bond acceptors (Lipinski definition) is 5. The average molecular weight is 394 g/mol. The van der Waals surface area contributed by atoms with Crippen molar-refractivity contribution in [1.29, 1.82) is 5.26 Å². The molecule has 1 aliphatic heterocycles. The number of benzene rings is 1. The summed E-state index contributed by atoms with van der Waals surface area (Å²) in [6.07, 6.45) is 2.08. The van der Waals surface area contributed by atoms with Crippen molar-refractivity contribution in [2.75, 3.05) is 25.1 Å². The minimum Gasteiger partial charge on any atom is -0.495 e. The Morgan fingerprint density at radius 2 is 2.08 bits per heavy atom. The second-order valence-electron chi connectivity index (χ2n) is 5.81. The number of nitriles is 1. The molecule has 8 heteroatoms. The Kier molecular flexibility index (Phi) is 4.45. The van der Waals surface area contributed by atoms with Crippen LogP contribution >= 0.6 is 15.9 Å². The van der Waals surface area contributed by atoms with Gasteiger partial charge >= 0.3 is 0 Å². The van der Waals surface area contributed by atoms with E-state index in [0.717, 1.165) is 5.69 Å². The molecule has 0 saturated carbocycles. The van der Waals surface area contributed by atoms with Gasteiger partial charge in [-0.3, -0.25) is 0 Å². The lowest BCUT2D eigenvalue weighted by molar-refractivity contribution is 0.109. The molecule has 3 rings (SSSR count). The zero-order valence-electron chi connectivity index (χ0n) is 13.5. The summed E-state index contributed by atoms with van der Waals surface area (Å²) in [5.74, 6) is 1.00. The number of aryl methyl sites for hydroxylation is 1. The summed E-state index contributed by atoms with van der Waals surface area (Å²) in [5.41, 5.74) is -0.218. The third-order valence-electron chi connectivity index (χ3n) is 4.41. The minimum atomic E-state index is -1.50. The first-order chi connectivity index (χ1) is 11.5. The van der Waals surface area contributed by atoms with Crippen LogP contribution in [0, 0.1) is 11.3 Å². The molecule has 6 nitrogen and oxygen atoms in total. The van der Waals surface area contributed by atoms with Gasteiger partial charge in [0, 0.05) is 33.0 Å². The average Bonchev–Trinajstić information content (AvgIpc) is 3.02. The Morgan fingerprint density at radius 3 is 2.62 bits per heavy atom. The lowest BCUT2D eigenvalue weighted by Gasteiger charge is -2.37. The van der Waals surface area contributed by atoms with Crippen LogP contribution in [0.3, 0.4) is 0 Å². The van der Waals surface area contributed by atoms with Crippen LogP contribution in [0.2, 0.25) is 0 Å². The summed E-state index contributed by atoms with van der Waals surface area (Å²) in [6, 6.07) is 5.66. The molecule has 0 unspecified atom stereocenters. The van der Waals surface area contributed by atoms with Gasteiger partial charge in [-0.05, 0) is 28.1 Å². The van der Waals surface area contributed by atoms with E-state index in [1.54, 1.807) is 30.9 Å². The van der Waals surface area contributed by atoms with Crippen molar-refractivity contribution in [2.45, 2.75) is 18.5 Å². The first-order valence-corrected chi connectivity index (χ1v) is 8.34. The molecule has 1 aromatic heterocycles. The van der Waals surface area contributed by atoms with Crippen molar-refractivity contribution >= 4 is 21.6 Å². The van der Waals surface area contributed by atoms with Gasteiger partial charge in [-0.25, -0.2) is 4.39 Å². The number of nitrogens with zero attached hydrogens (tertiary/aromatic N) is 5. The SMILES string of the molecule is COc1ccc(C#N)c(N2CCC(F)(c3nncn3C)CC2)c1Br. The fourth-order valence-corrected chi connectivity index (χ4v) is 3.86. The van der Waals surface area contributed by atoms with Crippen molar-refractivity contribution in [1.82, 2.24) is 14.8 Å². The van der Waals surface area contributed by atoms with Crippen LogP contribution in [-0.4, -0.2) is 35.0 Å². The number of ether oxygens (including phenoxy) is 1. The Morgan fingerprint density at radius 1 is 1.38 bits per heavy atom. The number of halogens is 2. The third-order valence-corrected chi connectivity index (χ3v) is 5.17. The monoisotopic (exact) mass is 393 g/mol. The Labute approximate surface area is 148 Å². The number of alkyl halides is 1. The molecule has 0 atom stereocenters. The summed E-state index contributed by atoms with van der Waals surface area (Å²) in [5, 5.41) is 17.1. The topological polar surface area (TPSA) is 67.0 Å². The summed E-state index contributed by atoms with van der Waals surface area (Å²) in [4.78, 5) is 2.01. The summed E-state index contributed by atoms with van der Waals surface area (Å²) >= 11 is 3.51. The molecule has 2 heterocycles. The number of piperidine rings is 1. The van der Waals surface area contributed by atoms with Gasteiger partial charge < -0.3 is 14.2 Å². The van der Waals surface area contributed by atoms with Gasteiger partial charge in [0.15, 0.2) is 11.5 Å². The smallest absolute Gasteiger partial charge is 0.173 e. The molecule has 0 amide bonds. The number of aromatic nitrogens is 3. The highest BCUT2D eigenvalue weighted by Gasteiger charge is 2.40. The molecule has 1 fully saturated rings. The summed E-state index contributed by atoms with van der Waals surface area (Å²) in [6.45, 7) is 0.952. The zero-order chi connectivity index (χ0) is 17.3. The molecule has 0 spiro atoms. The third kappa shape index (κ3) is 2.73. The molecular weight excluding hydrogens is 377 g/mol. The van der Waals surface area contributed by atoms with E-state index < -0.39 is 5.67 Å². The van der Waals surface area contributed by atoms with Crippen LogP contribution in [0.1, 0.15) is 24.2 Å². The van der Waals surface area contributed by atoms with E-state index in [-0.39, 0.29) is 12.8 Å². The zero-order valence-corrected chi connectivity index (χ0v) is 15.0. The van der Waals surface area contributed by atoms with E-state index in [1.807, 2.05) is 4.90 Å². The van der Waals surface area contributed by atoms with Crippen molar-refractivity contribution in [3.63, 3.8) is 0 Å². The lowest BCUT2D eigenvalue weighted by Crippen LogP contribution is -2.42. The highest BCUT2D eigenvalue weighted by atomic mass is 79.9. The number of hydrogen-bond donors (Lipinski definition) is 0. The van der Waals surface area contributed by atoms with Crippen molar-refractivity contribution < 1.29 is 9.13 Å². The van der Waals surface area contributed by atoms with Gasteiger partial charge in [0.1, 0.15) is 18.1 Å². The second-order valence-corrected chi connectivity index (χ2v) is 6.60. The maximum atomic E-state index is 15.3. The highest BCUT2D eigenvalue weighted by molar-refractivity contribution is 9.10. The fourth-order valence-electron chi connectivity index (χ4n) is 3.10. The van der Waals surface area contributed by atoms with Crippen molar-refractivity contribution in [3.05, 3.63) is 34.3 Å². The van der Waals surface area contributed by atoms with Gasteiger partial charge in [0.25, 0.3) is 0 Å². The summed E-state index contributed by atoms with van der Waals surface area (Å²) < 4.78 is 22.9. The molecule has 1 aliphatic rings. The number of methoxy groups -OCH3 is 1. The van der Waals surface area contributed by atoms with Gasteiger partial charge in [-0.2, -0.15) is 5.26 Å². The van der Waals surface area contributed by atoms with E-state index in [0.29, 0.717) is 34.7 Å². The predicted octanol–water partition coefficient (Wildman–Crippen LogP) is 2.92. The minimum absolute atomic E-state index is 0.286. The number of anilines is 1. The van der Waals surface area contributed by atoms with E-state index >= 15 is 4.39 Å². The Balaban J connectivity index is 1.88. The molecule has 24 heavy (non-hydrogen) atoms. The fraction of sp³-hybridized carbons (Fsp3) is 0.438. The molecule has 2 aromatic rings. The molecule has 1 saturated heterocycles. The van der Waals surface area contributed by atoms with Crippen LogP contribution < -0.4 is 9.64 Å². The van der Waals surface area contributed by atoms with Gasteiger partial charge in [-0.15, -0.1) is 10.2 Å². The maximum absolute atomic E-state index is 15.3. The lowest BCUT2D eigenvalue weighted by atomic mass is 9.91. The van der Waals surface area contributed by atoms with Gasteiger partial charge in [0.05, 0.1) is 22.8 Å². The molecule has 0 radical (unpaired) electrons. The highest BCUT2D eigenvalue weighted by Crippen LogP contribution is 2.42. The number of rotatable bonds is 3. The molecule has 0 N–H and O–H groups in total. The molecule has 0 aliphatic carbocycles. The molecule has 1 aromatic carbocycles. The molecular formula is C16H17BrFN5O. The van der Waals surface area contributed by atoms with E-state index in [9.17, 15) is 5.26 Å². The normalized spacial score (nSPS) is 16.7. The first kappa shape index (κ1) is 16.7. The first-order valence-electron chi connectivity index (χ1n) is 7.55. The molecule has 0 bridgehead atoms. The van der Waals surface area contributed by atoms with E-state index in [2.05, 4.69) is 32.2 Å². The second kappa shape index (κ2) is 6.40. The van der Waals surface area contributed by atoms with E-state index in [4.69, 9.17) is 4.74 Å².